The Balaban J connectivity index is 0. The topological polar surface area (TPSA) is 109 Å². The van der Waals surface area contributed by atoms with E-state index in [1.807, 2.05) is 0 Å². The van der Waals surface area contributed by atoms with Crippen LogP contribution in [0.15, 0.2) is 0 Å². The summed E-state index contributed by atoms with van der Waals surface area (Å²) in [6.45, 7) is 16.0. The van der Waals surface area contributed by atoms with Gasteiger partial charge >= 0.3 is 0 Å². The van der Waals surface area contributed by atoms with Crippen LogP contribution in [0.5, 0.6) is 0 Å². The molecule has 1 fully saturated rings. The molecule has 2 heterocycles. The molecule has 1 aromatic heterocycles. The fourth-order valence-electron chi connectivity index (χ4n) is 5.90. The third-order valence-corrected chi connectivity index (χ3v) is 9.12. The smallest absolute Gasteiger partial charge is 0.0700 e. The molecule has 0 bridgehead atoms. The van der Waals surface area contributed by atoms with Gasteiger partial charge in [-0.05, 0) is 226 Å². The van der Waals surface area contributed by atoms with Crippen molar-refractivity contribution in [3.63, 3.8) is 0 Å². The van der Waals surface area contributed by atoms with E-state index in [1.54, 1.807) is 7.11 Å². The van der Waals surface area contributed by atoms with Crippen LogP contribution < -0.4 is 5.73 Å². The first kappa shape index (κ1) is 56.7. The summed E-state index contributed by atoms with van der Waals surface area (Å²) in [6, 6.07) is 0. The first-order valence-corrected chi connectivity index (χ1v) is 21.4. The van der Waals surface area contributed by atoms with Gasteiger partial charge in [0.2, 0.25) is 0 Å². The van der Waals surface area contributed by atoms with Gasteiger partial charge in [0.25, 0.3) is 0 Å². The second-order valence-corrected chi connectivity index (χ2v) is 16.7. The van der Waals surface area contributed by atoms with E-state index in [-0.39, 0.29) is 0 Å². The minimum absolute atomic E-state index is 0.804. The highest BCUT2D eigenvalue weighted by Crippen LogP contribution is 2.16. The minimum atomic E-state index is 0.804. The number of aromatic nitrogens is 3. The average Bonchev–Trinajstić information content (AvgIpc) is 3.12. The van der Waals surface area contributed by atoms with Crippen LogP contribution in [0.25, 0.3) is 0 Å². The zero-order valence-corrected chi connectivity index (χ0v) is 39.5. The average molecular weight is 799 g/mol. The van der Waals surface area contributed by atoms with Crippen molar-refractivity contribution in [3.8, 4) is 0 Å². The predicted octanol–water partition coefficient (Wildman–Crippen LogP) is 2.43. The lowest BCUT2D eigenvalue weighted by Crippen LogP contribution is -2.37. The second-order valence-electron chi connectivity index (χ2n) is 16.7. The van der Waals surface area contributed by atoms with Crippen LogP contribution in [0.3, 0.4) is 0 Å². The molecule has 0 saturated carbocycles. The highest BCUT2D eigenvalue weighted by molar-refractivity contribution is 5.24. The molecule has 1 aromatic rings. The Morgan fingerprint density at radius 3 is 1.30 bits per heavy atom. The van der Waals surface area contributed by atoms with Crippen molar-refractivity contribution in [1.29, 1.82) is 0 Å². The van der Waals surface area contributed by atoms with Crippen LogP contribution >= 0.6 is 0 Å². The van der Waals surface area contributed by atoms with Crippen molar-refractivity contribution >= 4 is 0 Å². The summed E-state index contributed by atoms with van der Waals surface area (Å²) in [5, 5.41) is 12.8. The standard InChI is InChI=1S/C18H36N6.C11H27N3.C8H17NO2.C5H14N2/c1-22(2)13-7-10-16-17(11-8-14-23(3)4)19-21-20-18(16)12-9-15-24(5)6;1-12(2)8-6-10-14(5)11-7-9-13(3)4;1-10-6-2-3-9-4-7-11-8-5-9;1-7(2)5-3-4-6/h7-15H2,1-6H3;6-11H2,1-5H3;2-8H2,1H3;3-6H2,1-2H3. The van der Waals surface area contributed by atoms with Gasteiger partial charge in [-0.15, -0.1) is 10.2 Å². The highest BCUT2D eigenvalue weighted by Gasteiger charge is 2.13. The minimum Gasteiger partial charge on any atom is -0.385 e. The largest absolute Gasteiger partial charge is 0.385 e. The molecule has 14 heteroatoms. The Bertz CT molecular complexity index is 917. The molecule has 0 amide bonds. The lowest BCUT2D eigenvalue weighted by atomic mass is 10.00. The number of nitrogens with zero attached hydrogens (tertiary/aromatic N) is 11. The van der Waals surface area contributed by atoms with E-state index in [0.29, 0.717) is 0 Å². The maximum atomic E-state index is 5.25. The van der Waals surface area contributed by atoms with Crippen LogP contribution in [0, 0.1) is 0 Å². The molecule has 2 rings (SSSR count). The lowest BCUT2D eigenvalue weighted by molar-refractivity contribution is 0.0340. The molecule has 0 atom stereocenters. The third kappa shape index (κ3) is 39.4. The molecule has 56 heavy (non-hydrogen) atoms. The number of aryl methyl sites for hydroxylation is 2. The van der Waals surface area contributed by atoms with E-state index >= 15 is 0 Å². The number of morpholine rings is 1. The molecule has 334 valence electrons. The van der Waals surface area contributed by atoms with Gasteiger partial charge in [0.15, 0.2) is 0 Å². The van der Waals surface area contributed by atoms with Crippen LogP contribution in [0.1, 0.15) is 61.9 Å². The molecule has 0 aromatic carbocycles. The third-order valence-electron chi connectivity index (χ3n) is 9.12. The van der Waals surface area contributed by atoms with Crippen LogP contribution in [-0.4, -0.2) is 252 Å². The summed E-state index contributed by atoms with van der Waals surface area (Å²) >= 11 is 0. The van der Waals surface area contributed by atoms with Crippen LogP contribution in [-0.2, 0) is 28.7 Å². The van der Waals surface area contributed by atoms with Gasteiger partial charge in [-0.1, -0.05) is 0 Å². The van der Waals surface area contributed by atoms with Crippen molar-refractivity contribution in [2.75, 3.05) is 197 Å². The summed E-state index contributed by atoms with van der Waals surface area (Å²) in [7, 11) is 29.3. The first-order chi connectivity index (χ1) is 26.6. The Morgan fingerprint density at radius 1 is 0.536 bits per heavy atom. The zero-order chi connectivity index (χ0) is 42.6. The van der Waals surface area contributed by atoms with Crippen molar-refractivity contribution in [2.24, 2.45) is 5.73 Å². The predicted molar refractivity (Wildman–Crippen MR) is 240 cm³/mol. The molecule has 1 saturated heterocycles. The fraction of sp³-hybridized carbons (Fsp3) is 0.929. The number of ether oxygens (including phenoxy) is 2. The summed E-state index contributed by atoms with van der Waals surface area (Å²) in [5.74, 6) is 0. The van der Waals surface area contributed by atoms with Crippen molar-refractivity contribution < 1.29 is 9.47 Å². The summed E-state index contributed by atoms with van der Waals surface area (Å²) in [4.78, 5) is 18.1. The van der Waals surface area contributed by atoms with E-state index in [2.05, 4.69) is 146 Å². The van der Waals surface area contributed by atoms with Gasteiger partial charge in [0.05, 0.1) is 24.6 Å². The van der Waals surface area contributed by atoms with Crippen molar-refractivity contribution in [1.82, 2.24) is 54.6 Å². The Labute approximate surface area is 347 Å². The quantitative estimate of drug-likeness (QED) is 0.132. The summed E-state index contributed by atoms with van der Waals surface area (Å²) in [5.41, 5.74) is 8.92. The van der Waals surface area contributed by atoms with E-state index in [9.17, 15) is 0 Å². The number of hydrogen-bond acceptors (Lipinski definition) is 14. The molecular formula is C42H94N12O2. The van der Waals surface area contributed by atoms with E-state index < -0.39 is 0 Å². The molecule has 0 spiro atoms. The second kappa shape index (κ2) is 39.1. The Morgan fingerprint density at radius 2 is 0.929 bits per heavy atom. The fourth-order valence-corrected chi connectivity index (χ4v) is 5.90. The van der Waals surface area contributed by atoms with Crippen LogP contribution in [0.4, 0.5) is 0 Å². The zero-order valence-electron chi connectivity index (χ0n) is 39.5. The van der Waals surface area contributed by atoms with Gasteiger partial charge < -0.3 is 49.5 Å². The molecule has 0 unspecified atom stereocenters. The van der Waals surface area contributed by atoms with E-state index in [4.69, 9.17) is 15.2 Å². The molecular weight excluding hydrogens is 705 g/mol. The van der Waals surface area contributed by atoms with Gasteiger partial charge in [-0.3, -0.25) is 4.90 Å². The molecule has 1 aliphatic rings. The lowest BCUT2D eigenvalue weighted by Gasteiger charge is -2.26. The Kier molecular flexibility index (Phi) is 39.5. The molecule has 0 aliphatic carbocycles. The Hall–Kier alpha value is -1.43. The van der Waals surface area contributed by atoms with Gasteiger partial charge in [-0.25, -0.2) is 0 Å². The molecule has 14 nitrogen and oxygen atoms in total. The maximum Gasteiger partial charge on any atom is 0.0700 e. The monoisotopic (exact) mass is 799 g/mol. The number of hydrogen-bond donors (Lipinski definition) is 1. The first-order valence-electron chi connectivity index (χ1n) is 21.4. The van der Waals surface area contributed by atoms with Crippen molar-refractivity contribution in [2.45, 2.75) is 64.2 Å². The van der Waals surface area contributed by atoms with Crippen molar-refractivity contribution in [3.05, 3.63) is 17.0 Å². The number of rotatable bonds is 27. The summed E-state index contributed by atoms with van der Waals surface area (Å²) < 4.78 is 10.2. The maximum absolute atomic E-state index is 5.25. The van der Waals surface area contributed by atoms with E-state index in [1.165, 1.54) is 44.6 Å². The van der Waals surface area contributed by atoms with E-state index in [0.717, 1.165) is 135 Å². The van der Waals surface area contributed by atoms with Gasteiger partial charge in [-0.2, -0.15) is 0 Å². The van der Waals surface area contributed by atoms with Gasteiger partial charge in [0.1, 0.15) is 0 Å². The molecule has 2 N–H and O–H groups in total. The number of nitrogens with two attached hydrogens (primary N) is 1. The summed E-state index contributed by atoms with van der Waals surface area (Å²) in [6.07, 6.45) is 11.2. The normalized spacial score (nSPS) is 13.4. The number of methoxy groups -OCH3 is 1. The van der Waals surface area contributed by atoms with Gasteiger partial charge in [0, 0.05) is 33.4 Å². The van der Waals surface area contributed by atoms with Crippen LogP contribution in [0.2, 0.25) is 0 Å². The molecule has 1 aliphatic heterocycles. The molecule has 0 radical (unpaired) electrons. The highest BCUT2D eigenvalue weighted by atomic mass is 16.5. The SMILES string of the molecule is CN(C)CCCN.CN(C)CCCN(C)CCCN(C)C.CN(C)CCCc1nnnc(CCCN(C)C)c1CCCN(C)C.COCCCN1CCOCC1.